The first-order chi connectivity index (χ1) is 13.1. The summed E-state index contributed by atoms with van der Waals surface area (Å²) in [6.45, 7) is 1.77. The van der Waals surface area contributed by atoms with Gasteiger partial charge in [-0.1, -0.05) is 11.6 Å². The first-order valence-electron chi connectivity index (χ1n) is 9.06. The molecule has 2 amide bonds. The molecule has 0 aliphatic carbocycles. The standard InChI is InChI=1S/C20H23ClN2O3S/c21-17-7-5-15(6-8-17)20(25)23-10-1-3-16(13-23)19(24)22-9-12-27-14-18-4-2-11-26-18/h2,4-8,11,16H,1,3,9-10,12-14H2,(H,22,24)/t16-/m1/s1. The molecule has 144 valence electrons. The van der Waals surface area contributed by atoms with Crippen LogP contribution >= 0.6 is 23.4 Å². The van der Waals surface area contributed by atoms with Gasteiger partial charge in [-0.3, -0.25) is 9.59 Å². The monoisotopic (exact) mass is 406 g/mol. The van der Waals surface area contributed by atoms with E-state index in [-0.39, 0.29) is 17.7 Å². The third-order valence-electron chi connectivity index (χ3n) is 4.54. The van der Waals surface area contributed by atoms with Gasteiger partial charge in [0.1, 0.15) is 5.76 Å². The average molecular weight is 407 g/mol. The largest absolute Gasteiger partial charge is 0.468 e. The number of thioether (sulfide) groups is 1. The van der Waals surface area contributed by atoms with Gasteiger partial charge in [0.05, 0.1) is 17.9 Å². The highest BCUT2D eigenvalue weighted by atomic mass is 35.5. The molecule has 0 saturated carbocycles. The fourth-order valence-electron chi connectivity index (χ4n) is 3.11. The molecule has 1 saturated heterocycles. The lowest BCUT2D eigenvalue weighted by Gasteiger charge is -2.32. The van der Waals surface area contributed by atoms with Crippen molar-refractivity contribution in [3.05, 3.63) is 59.0 Å². The predicted octanol–water partition coefficient (Wildman–Crippen LogP) is 3.83. The van der Waals surface area contributed by atoms with Crippen molar-refractivity contribution in [1.29, 1.82) is 0 Å². The quantitative estimate of drug-likeness (QED) is 0.709. The van der Waals surface area contributed by atoms with Gasteiger partial charge in [-0.2, -0.15) is 11.8 Å². The Morgan fingerprint density at radius 1 is 1.26 bits per heavy atom. The minimum Gasteiger partial charge on any atom is -0.468 e. The number of furan rings is 1. The van der Waals surface area contributed by atoms with Gasteiger partial charge >= 0.3 is 0 Å². The Bertz CT molecular complexity index is 749. The Morgan fingerprint density at radius 3 is 2.81 bits per heavy atom. The average Bonchev–Trinajstić information content (AvgIpc) is 3.21. The van der Waals surface area contributed by atoms with E-state index in [1.165, 1.54) is 0 Å². The summed E-state index contributed by atoms with van der Waals surface area (Å²) in [5, 5.41) is 3.60. The number of hydrogen-bond donors (Lipinski definition) is 1. The smallest absolute Gasteiger partial charge is 0.253 e. The normalized spacial score (nSPS) is 16.9. The van der Waals surface area contributed by atoms with Crippen LogP contribution in [0, 0.1) is 5.92 Å². The van der Waals surface area contributed by atoms with Crippen molar-refractivity contribution in [2.24, 2.45) is 5.92 Å². The molecule has 0 unspecified atom stereocenters. The molecule has 0 radical (unpaired) electrons. The number of halogens is 1. The molecular weight excluding hydrogens is 384 g/mol. The topological polar surface area (TPSA) is 62.6 Å². The van der Waals surface area contributed by atoms with Gasteiger partial charge in [0.15, 0.2) is 0 Å². The molecule has 3 rings (SSSR count). The van der Waals surface area contributed by atoms with Crippen molar-refractivity contribution in [2.75, 3.05) is 25.4 Å². The predicted molar refractivity (Wildman–Crippen MR) is 108 cm³/mol. The molecule has 2 aromatic rings. The molecule has 1 aromatic heterocycles. The Morgan fingerprint density at radius 2 is 2.07 bits per heavy atom. The van der Waals surface area contributed by atoms with E-state index < -0.39 is 0 Å². The zero-order valence-electron chi connectivity index (χ0n) is 15.0. The molecule has 2 heterocycles. The first-order valence-corrected chi connectivity index (χ1v) is 10.6. The summed E-state index contributed by atoms with van der Waals surface area (Å²) in [4.78, 5) is 26.8. The maximum atomic E-state index is 12.6. The van der Waals surface area contributed by atoms with E-state index in [0.29, 0.717) is 30.2 Å². The Balaban J connectivity index is 1.42. The molecular formula is C20H23ClN2O3S. The van der Waals surface area contributed by atoms with Crippen molar-refractivity contribution in [2.45, 2.75) is 18.6 Å². The van der Waals surface area contributed by atoms with Crippen LogP contribution < -0.4 is 5.32 Å². The van der Waals surface area contributed by atoms with Crippen molar-refractivity contribution < 1.29 is 14.0 Å². The molecule has 1 aliphatic heterocycles. The lowest BCUT2D eigenvalue weighted by molar-refractivity contribution is -0.126. The first kappa shape index (κ1) is 19.8. The van der Waals surface area contributed by atoms with Crippen LogP contribution in [0.15, 0.2) is 47.1 Å². The second-order valence-electron chi connectivity index (χ2n) is 6.52. The number of carbonyl (C=O) groups excluding carboxylic acids is 2. The van der Waals surface area contributed by atoms with E-state index in [1.54, 1.807) is 47.2 Å². The van der Waals surface area contributed by atoms with Gasteiger partial charge in [-0.05, 0) is 49.2 Å². The summed E-state index contributed by atoms with van der Waals surface area (Å²) in [6.07, 6.45) is 3.32. The molecule has 1 N–H and O–H groups in total. The molecule has 7 heteroatoms. The summed E-state index contributed by atoms with van der Waals surface area (Å²) in [6, 6.07) is 10.7. The van der Waals surface area contributed by atoms with Gasteiger partial charge in [0.2, 0.25) is 5.91 Å². The minimum atomic E-state index is -0.148. The lowest BCUT2D eigenvalue weighted by atomic mass is 9.96. The van der Waals surface area contributed by atoms with Crippen LogP contribution in [-0.4, -0.2) is 42.1 Å². The molecule has 0 bridgehead atoms. The third kappa shape index (κ3) is 5.78. The third-order valence-corrected chi connectivity index (χ3v) is 5.77. The summed E-state index contributed by atoms with van der Waals surface area (Å²) in [5.74, 6) is 2.41. The molecule has 1 aromatic carbocycles. The van der Waals surface area contributed by atoms with Crippen LogP contribution in [0.4, 0.5) is 0 Å². The van der Waals surface area contributed by atoms with Gasteiger partial charge < -0.3 is 14.6 Å². The zero-order valence-corrected chi connectivity index (χ0v) is 16.6. The highest BCUT2D eigenvalue weighted by molar-refractivity contribution is 7.98. The van der Waals surface area contributed by atoms with Crippen LogP contribution in [0.3, 0.4) is 0 Å². The summed E-state index contributed by atoms with van der Waals surface area (Å²) in [7, 11) is 0. The van der Waals surface area contributed by atoms with Gasteiger partial charge in [-0.15, -0.1) is 0 Å². The van der Waals surface area contributed by atoms with Crippen molar-refractivity contribution in [3.63, 3.8) is 0 Å². The lowest BCUT2D eigenvalue weighted by Crippen LogP contribution is -2.45. The van der Waals surface area contributed by atoms with E-state index in [0.717, 1.165) is 30.1 Å². The molecule has 1 fully saturated rings. The second kappa shape index (κ2) is 9.85. The number of benzene rings is 1. The number of nitrogens with one attached hydrogen (secondary N) is 1. The van der Waals surface area contributed by atoms with Crippen molar-refractivity contribution >= 4 is 35.2 Å². The fourth-order valence-corrected chi connectivity index (χ4v) is 3.99. The number of likely N-dealkylation sites (tertiary alicyclic amines) is 1. The van der Waals surface area contributed by atoms with E-state index >= 15 is 0 Å². The number of nitrogens with zero attached hydrogens (tertiary/aromatic N) is 1. The second-order valence-corrected chi connectivity index (χ2v) is 8.06. The molecule has 1 aliphatic rings. The van der Waals surface area contributed by atoms with Crippen LogP contribution in [0.1, 0.15) is 29.0 Å². The van der Waals surface area contributed by atoms with E-state index in [1.807, 2.05) is 12.1 Å². The van der Waals surface area contributed by atoms with Crippen molar-refractivity contribution in [1.82, 2.24) is 10.2 Å². The zero-order chi connectivity index (χ0) is 19.1. The van der Waals surface area contributed by atoms with Crippen LogP contribution in [-0.2, 0) is 10.5 Å². The summed E-state index contributed by atoms with van der Waals surface area (Å²) in [5.41, 5.74) is 0.606. The SMILES string of the molecule is O=C(NCCSCc1ccco1)[C@@H]1CCCN(C(=O)c2ccc(Cl)cc2)C1. The van der Waals surface area contributed by atoms with Crippen LogP contribution in [0.25, 0.3) is 0 Å². The molecule has 1 atom stereocenters. The number of piperidine rings is 1. The number of carbonyl (C=O) groups is 2. The molecule has 5 nitrogen and oxygen atoms in total. The summed E-state index contributed by atoms with van der Waals surface area (Å²) < 4.78 is 5.28. The van der Waals surface area contributed by atoms with Gasteiger partial charge in [0, 0.05) is 36.0 Å². The Kier molecular flexibility index (Phi) is 7.24. The van der Waals surface area contributed by atoms with Gasteiger partial charge in [-0.25, -0.2) is 0 Å². The van der Waals surface area contributed by atoms with E-state index in [9.17, 15) is 9.59 Å². The number of rotatable bonds is 7. The van der Waals surface area contributed by atoms with E-state index in [4.69, 9.17) is 16.0 Å². The van der Waals surface area contributed by atoms with Crippen molar-refractivity contribution in [3.8, 4) is 0 Å². The highest BCUT2D eigenvalue weighted by Gasteiger charge is 2.28. The van der Waals surface area contributed by atoms with Crippen LogP contribution in [0.5, 0.6) is 0 Å². The number of hydrogen-bond acceptors (Lipinski definition) is 4. The maximum Gasteiger partial charge on any atom is 0.253 e. The summed E-state index contributed by atoms with van der Waals surface area (Å²) >= 11 is 7.60. The Labute approximate surface area is 168 Å². The maximum absolute atomic E-state index is 12.6. The molecule has 0 spiro atoms. The van der Waals surface area contributed by atoms with Gasteiger partial charge in [0.25, 0.3) is 5.91 Å². The molecule has 27 heavy (non-hydrogen) atoms. The number of amides is 2. The fraction of sp³-hybridized carbons (Fsp3) is 0.400. The van der Waals surface area contributed by atoms with E-state index in [2.05, 4.69) is 5.32 Å². The minimum absolute atomic E-state index is 0.0298. The van der Waals surface area contributed by atoms with Crippen LogP contribution in [0.2, 0.25) is 5.02 Å². The highest BCUT2D eigenvalue weighted by Crippen LogP contribution is 2.20. The Hall–Kier alpha value is -1.92.